The molecule has 0 aromatic heterocycles. The van der Waals surface area contributed by atoms with Crippen molar-refractivity contribution < 1.29 is 22.7 Å². The van der Waals surface area contributed by atoms with Crippen LogP contribution < -0.4 is 5.32 Å². The van der Waals surface area contributed by atoms with Gasteiger partial charge in [-0.15, -0.1) is 0 Å². The van der Waals surface area contributed by atoms with Crippen LogP contribution in [0.2, 0.25) is 0 Å². The van der Waals surface area contributed by atoms with Crippen molar-refractivity contribution in [2.24, 2.45) is 51.2 Å². The summed E-state index contributed by atoms with van der Waals surface area (Å²) in [5.41, 5.74) is 4.09. The molecule has 2 saturated heterocycles. The molecule has 2 aliphatic heterocycles. The minimum atomic E-state index is -2.89. The SMILES string of the molecule is CC[C@]1(NCCN2CCS(=O)(=O)CC2)CC[C@]2(C)[C@H](CC[C@@H]3[C@@]4(C)CC=C(c5ccc(C(=O)OC)cc5)C(C)(C)[C@@H]4CC[C@]32C)[C@H]1[C@@H](C)C(C)N1CCOCC1. The van der Waals surface area contributed by atoms with Gasteiger partial charge in [0.2, 0.25) is 0 Å². The predicted octanol–water partition coefficient (Wildman–Crippen LogP) is 7.98. The van der Waals surface area contributed by atoms with Gasteiger partial charge in [0.1, 0.15) is 0 Å². The molecule has 314 valence electrons. The van der Waals surface area contributed by atoms with Gasteiger partial charge in [-0.05, 0) is 133 Å². The minimum Gasteiger partial charge on any atom is -0.465 e. The van der Waals surface area contributed by atoms with Gasteiger partial charge in [-0.25, -0.2) is 13.2 Å². The Kier molecular flexibility index (Phi) is 11.9. The van der Waals surface area contributed by atoms with Gasteiger partial charge >= 0.3 is 5.97 Å². The maximum absolute atomic E-state index is 12.2. The Bertz CT molecular complexity index is 1710. The first-order valence-corrected chi connectivity index (χ1v) is 24.2. The highest BCUT2D eigenvalue weighted by Crippen LogP contribution is 2.76. The number of benzene rings is 1. The van der Waals surface area contributed by atoms with Gasteiger partial charge in [-0.3, -0.25) is 4.90 Å². The van der Waals surface area contributed by atoms with Gasteiger partial charge < -0.3 is 19.7 Å². The molecule has 9 heteroatoms. The van der Waals surface area contributed by atoms with Crippen LogP contribution in [0, 0.1) is 51.2 Å². The fourth-order valence-electron chi connectivity index (χ4n) is 14.7. The van der Waals surface area contributed by atoms with E-state index in [0.29, 0.717) is 65.8 Å². The average Bonchev–Trinajstić information content (AvgIpc) is 3.18. The number of ether oxygens (including phenoxy) is 2. The number of sulfone groups is 1. The second kappa shape index (κ2) is 15.7. The molecule has 10 atom stereocenters. The normalized spacial score (nSPS) is 39.6. The van der Waals surface area contributed by atoms with E-state index in [0.717, 1.165) is 52.2 Å². The number of nitrogens with zero attached hydrogens (tertiary/aromatic N) is 2. The molecule has 8 nitrogen and oxygen atoms in total. The Labute approximate surface area is 340 Å². The Morgan fingerprint density at radius 2 is 1.59 bits per heavy atom. The third-order valence-corrected chi connectivity index (χ3v) is 19.8. The molecule has 2 heterocycles. The number of morpholine rings is 1. The largest absolute Gasteiger partial charge is 0.465 e. The van der Waals surface area contributed by atoms with Crippen molar-refractivity contribution in [3.63, 3.8) is 0 Å². The number of methoxy groups -OCH3 is 1. The molecule has 3 saturated carbocycles. The Balaban J connectivity index is 1.18. The second-order valence-corrected chi connectivity index (χ2v) is 22.8. The molecule has 6 aliphatic rings. The van der Waals surface area contributed by atoms with Crippen LogP contribution in [0.15, 0.2) is 30.3 Å². The van der Waals surface area contributed by atoms with E-state index in [4.69, 9.17) is 9.47 Å². The summed E-state index contributed by atoms with van der Waals surface area (Å²) < 4.78 is 35.2. The zero-order chi connectivity index (χ0) is 40.3. The summed E-state index contributed by atoms with van der Waals surface area (Å²) in [6, 6.07) is 8.60. The number of hydrogen-bond acceptors (Lipinski definition) is 8. The van der Waals surface area contributed by atoms with Crippen LogP contribution in [0.4, 0.5) is 0 Å². The Morgan fingerprint density at radius 3 is 2.23 bits per heavy atom. The van der Waals surface area contributed by atoms with Crippen LogP contribution in [0.3, 0.4) is 0 Å². The van der Waals surface area contributed by atoms with Crippen molar-refractivity contribution in [1.29, 1.82) is 0 Å². The van der Waals surface area contributed by atoms with Crippen molar-refractivity contribution in [1.82, 2.24) is 15.1 Å². The maximum atomic E-state index is 12.2. The molecule has 7 rings (SSSR count). The Hall–Kier alpha value is -1.78. The first-order chi connectivity index (χ1) is 26.5. The lowest BCUT2D eigenvalue weighted by Crippen LogP contribution is -2.70. The van der Waals surface area contributed by atoms with Gasteiger partial charge in [-0.1, -0.05) is 66.7 Å². The summed E-state index contributed by atoms with van der Waals surface area (Å²) in [4.78, 5) is 17.3. The van der Waals surface area contributed by atoms with Crippen molar-refractivity contribution in [2.75, 3.05) is 71.1 Å². The molecule has 56 heavy (non-hydrogen) atoms. The van der Waals surface area contributed by atoms with Crippen LogP contribution in [-0.4, -0.2) is 107 Å². The summed E-state index contributed by atoms with van der Waals surface area (Å²) in [6.45, 7) is 27.6. The fraction of sp³-hybridized carbons (Fsp3) is 0.809. The van der Waals surface area contributed by atoms with Crippen LogP contribution in [-0.2, 0) is 19.3 Å². The van der Waals surface area contributed by atoms with Crippen LogP contribution in [0.25, 0.3) is 5.57 Å². The second-order valence-electron chi connectivity index (χ2n) is 20.5. The summed E-state index contributed by atoms with van der Waals surface area (Å²) >= 11 is 0. The van der Waals surface area contributed by atoms with Gasteiger partial charge in [0, 0.05) is 50.8 Å². The highest BCUT2D eigenvalue weighted by Gasteiger charge is 2.69. The standard InChI is InChI=1S/C47H75N3O5S/c1-10-47(48-23-24-49-27-31-56(52,53)32-28-49)22-21-45(7)38(41(47)33(2)34(3)50-25-29-55-30-26-50)15-16-40-44(6)19-17-37(35-11-13-36(14-12-35)42(51)54-9)43(4,5)39(44)18-20-46(40,45)8/h11-14,17,33-34,38-41,48H,10,15-16,18-32H2,1-9H3/t33-,34?,38+,39-,40+,41+,44-,45+,46+,47-/m0/s1. The molecule has 1 aromatic carbocycles. The summed E-state index contributed by atoms with van der Waals surface area (Å²) in [6.07, 6.45) is 12.4. The third-order valence-electron chi connectivity index (χ3n) is 18.2. The van der Waals surface area contributed by atoms with Crippen LogP contribution >= 0.6 is 0 Å². The number of esters is 1. The molecule has 1 N–H and O–H groups in total. The molecule has 0 bridgehead atoms. The van der Waals surface area contributed by atoms with Crippen molar-refractivity contribution in [3.05, 3.63) is 41.5 Å². The lowest BCUT2D eigenvalue weighted by Gasteiger charge is -2.73. The van der Waals surface area contributed by atoms with E-state index in [1.165, 1.54) is 56.8 Å². The first-order valence-electron chi connectivity index (χ1n) is 22.4. The summed E-state index contributed by atoms with van der Waals surface area (Å²) in [5.74, 6) is 3.28. The van der Waals surface area contributed by atoms with E-state index in [9.17, 15) is 13.2 Å². The molecule has 0 radical (unpaired) electrons. The zero-order valence-electron chi connectivity index (χ0n) is 36.4. The molecule has 1 unspecified atom stereocenters. The van der Waals surface area contributed by atoms with E-state index in [1.54, 1.807) is 0 Å². The first kappa shape index (κ1) is 42.3. The monoisotopic (exact) mass is 794 g/mol. The number of allylic oxidation sites excluding steroid dienone is 2. The van der Waals surface area contributed by atoms with E-state index in [1.807, 2.05) is 12.1 Å². The lowest BCUT2D eigenvalue weighted by atomic mass is 9.32. The lowest BCUT2D eigenvalue weighted by molar-refractivity contribution is -0.227. The molecular weight excluding hydrogens is 719 g/mol. The number of rotatable bonds is 10. The van der Waals surface area contributed by atoms with Gasteiger partial charge in [-0.2, -0.15) is 0 Å². The molecule has 5 fully saturated rings. The zero-order valence-corrected chi connectivity index (χ0v) is 37.2. The highest BCUT2D eigenvalue weighted by molar-refractivity contribution is 7.91. The van der Waals surface area contributed by atoms with E-state index >= 15 is 0 Å². The quantitative estimate of drug-likeness (QED) is 0.239. The molecule has 1 aromatic rings. The molecule has 0 amide bonds. The molecule has 4 aliphatic carbocycles. The predicted molar refractivity (Wildman–Crippen MR) is 227 cm³/mol. The van der Waals surface area contributed by atoms with Crippen LogP contribution in [0.5, 0.6) is 0 Å². The van der Waals surface area contributed by atoms with Gasteiger partial charge in [0.25, 0.3) is 0 Å². The number of fused-ring (bicyclic) bond motifs is 5. The van der Waals surface area contributed by atoms with Crippen molar-refractivity contribution in [3.8, 4) is 0 Å². The summed E-state index contributed by atoms with van der Waals surface area (Å²) in [7, 11) is -1.44. The topological polar surface area (TPSA) is 88.2 Å². The maximum Gasteiger partial charge on any atom is 0.337 e. The van der Waals surface area contributed by atoms with Gasteiger partial charge in [0.05, 0.1) is 37.4 Å². The van der Waals surface area contributed by atoms with E-state index < -0.39 is 9.84 Å². The van der Waals surface area contributed by atoms with Crippen LogP contribution in [0.1, 0.15) is 123 Å². The Morgan fingerprint density at radius 1 is 0.911 bits per heavy atom. The van der Waals surface area contributed by atoms with Gasteiger partial charge in [0.15, 0.2) is 9.84 Å². The highest BCUT2D eigenvalue weighted by atomic mass is 32.2. The smallest absolute Gasteiger partial charge is 0.337 e. The average molecular weight is 794 g/mol. The summed E-state index contributed by atoms with van der Waals surface area (Å²) in [5, 5.41) is 4.31. The van der Waals surface area contributed by atoms with E-state index in [2.05, 4.69) is 88.7 Å². The number of carbonyl (C=O) groups excluding carboxylic acids is 1. The number of carbonyl (C=O) groups is 1. The number of nitrogens with one attached hydrogen (secondary N) is 1. The number of hydrogen-bond donors (Lipinski definition) is 1. The molecule has 0 spiro atoms. The van der Waals surface area contributed by atoms with E-state index in [-0.39, 0.29) is 33.2 Å². The molecular formula is C47H75N3O5S. The minimum absolute atomic E-state index is 0.0237. The third kappa shape index (κ3) is 7.07. The fourth-order valence-corrected chi connectivity index (χ4v) is 16.0. The van der Waals surface area contributed by atoms with Crippen molar-refractivity contribution in [2.45, 2.75) is 118 Å². The van der Waals surface area contributed by atoms with Crippen molar-refractivity contribution >= 4 is 21.4 Å².